The van der Waals surface area contributed by atoms with Gasteiger partial charge in [-0.3, -0.25) is 0 Å². The van der Waals surface area contributed by atoms with Gasteiger partial charge in [0.15, 0.2) is 11.6 Å². The molecule has 0 amide bonds. The van der Waals surface area contributed by atoms with Crippen LogP contribution in [0, 0.1) is 12.7 Å². The molecule has 0 radical (unpaired) electrons. The van der Waals surface area contributed by atoms with Crippen LogP contribution in [0.5, 0.6) is 11.5 Å². The van der Waals surface area contributed by atoms with Gasteiger partial charge in [0.1, 0.15) is 5.75 Å². The number of benzene rings is 2. The average molecular weight is 352 g/mol. The molecule has 0 fully saturated rings. The predicted octanol–water partition coefficient (Wildman–Crippen LogP) is 5.19. The third-order valence-electron chi connectivity index (χ3n) is 3.07. The third-order valence-corrected chi connectivity index (χ3v) is 3.56. The van der Waals surface area contributed by atoms with Gasteiger partial charge in [-0.05, 0) is 42.3 Å². The molecule has 0 aliphatic carbocycles. The Labute approximate surface area is 133 Å². The molecule has 112 valence electrons. The second-order valence-electron chi connectivity index (χ2n) is 5.31. The number of hydrogen-bond donors (Lipinski definition) is 1. The van der Waals surface area contributed by atoms with E-state index >= 15 is 0 Å². The zero-order valence-corrected chi connectivity index (χ0v) is 14.0. The van der Waals surface area contributed by atoms with Crippen molar-refractivity contribution in [3.05, 3.63) is 57.8 Å². The molecule has 0 saturated heterocycles. The minimum absolute atomic E-state index is 0.231. The second kappa shape index (κ2) is 7.05. The maximum Gasteiger partial charge on any atom is 0.166 e. The van der Waals surface area contributed by atoms with Crippen molar-refractivity contribution in [2.24, 2.45) is 0 Å². The van der Waals surface area contributed by atoms with Gasteiger partial charge >= 0.3 is 0 Å². The van der Waals surface area contributed by atoms with Gasteiger partial charge in [-0.25, -0.2) is 4.39 Å². The van der Waals surface area contributed by atoms with Crippen LogP contribution in [0.3, 0.4) is 0 Å². The summed E-state index contributed by atoms with van der Waals surface area (Å²) in [7, 11) is 0. The summed E-state index contributed by atoms with van der Waals surface area (Å²) in [6, 6.07) is 11.1. The molecule has 21 heavy (non-hydrogen) atoms. The summed E-state index contributed by atoms with van der Waals surface area (Å²) < 4.78 is 20.1. The molecule has 1 N–H and O–H groups in total. The first kappa shape index (κ1) is 16.0. The van der Waals surface area contributed by atoms with Gasteiger partial charge in [0.05, 0.1) is 0 Å². The Morgan fingerprint density at radius 2 is 1.86 bits per heavy atom. The van der Waals surface area contributed by atoms with Gasteiger partial charge in [0.25, 0.3) is 0 Å². The molecular formula is C17H19BrFNO. The van der Waals surface area contributed by atoms with Gasteiger partial charge in [0.2, 0.25) is 0 Å². The van der Waals surface area contributed by atoms with Crippen molar-refractivity contribution in [2.75, 3.05) is 0 Å². The number of aryl methyl sites for hydroxylation is 1. The topological polar surface area (TPSA) is 21.3 Å². The fourth-order valence-electron chi connectivity index (χ4n) is 1.93. The van der Waals surface area contributed by atoms with Gasteiger partial charge in [-0.15, -0.1) is 0 Å². The van der Waals surface area contributed by atoms with E-state index in [1.807, 2.05) is 19.1 Å². The van der Waals surface area contributed by atoms with Crippen molar-refractivity contribution in [2.45, 2.75) is 33.4 Å². The van der Waals surface area contributed by atoms with Crippen LogP contribution in [0.4, 0.5) is 4.39 Å². The molecule has 0 spiro atoms. The Morgan fingerprint density at radius 1 is 1.14 bits per heavy atom. The normalized spacial score (nSPS) is 11.0. The summed E-state index contributed by atoms with van der Waals surface area (Å²) in [6.07, 6.45) is 0. The first-order valence-electron chi connectivity index (χ1n) is 6.91. The fraction of sp³-hybridized carbons (Fsp3) is 0.294. The van der Waals surface area contributed by atoms with E-state index in [1.165, 1.54) is 11.6 Å². The smallest absolute Gasteiger partial charge is 0.166 e. The van der Waals surface area contributed by atoms with Crippen LogP contribution in [0.1, 0.15) is 25.0 Å². The maximum absolute atomic E-state index is 13.8. The van der Waals surface area contributed by atoms with Crippen LogP contribution in [-0.2, 0) is 6.54 Å². The highest BCUT2D eigenvalue weighted by atomic mass is 79.9. The molecule has 0 saturated carbocycles. The molecule has 0 atom stereocenters. The standard InChI is InChI=1S/C17H19BrFNO/c1-11(2)20-10-13-4-6-16(12(3)8-13)21-17-7-5-14(18)9-15(17)19/h4-9,11,20H,10H2,1-3H3. The van der Waals surface area contributed by atoms with Crippen molar-refractivity contribution in [1.82, 2.24) is 5.32 Å². The molecule has 0 bridgehead atoms. The van der Waals surface area contributed by atoms with Crippen LogP contribution < -0.4 is 10.1 Å². The van der Waals surface area contributed by atoms with E-state index in [1.54, 1.807) is 12.1 Å². The molecule has 2 rings (SSSR count). The molecule has 2 aromatic rings. The van der Waals surface area contributed by atoms with Gasteiger partial charge in [0, 0.05) is 17.1 Å². The van der Waals surface area contributed by atoms with E-state index in [2.05, 4.69) is 41.2 Å². The number of halogens is 2. The molecule has 0 heterocycles. The third kappa shape index (κ3) is 4.55. The van der Waals surface area contributed by atoms with Crippen molar-refractivity contribution < 1.29 is 9.13 Å². The summed E-state index contributed by atoms with van der Waals surface area (Å²) in [6.45, 7) is 7.00. The molecule has 2 nitrogen and oxygen atoms in total. The molecule has 0 aliphatic heterocycles. The SMILES string of the molecule is Cc1cc(CNC(C)C)ccc1Oc1ccc(Br)cc1F. The Bertz CT molecular complexity index is 628. The lowest BCUT2D eigenvalue weighted by atomic mass is 10.1. The van der Waals surface area contributed by atoms with Gasteiger partial charge < -0.3 is 10.1 Å². The molecule has 0 unspecified atom stereocenters. The van der Waals surface area contributed by atoms with E-state index in [0.29, 0.717) is 16.3 Å². The van der Waals surface area contributed by atoms with Gasteiger partial charge in [-0.1, -0.05) is 41.9 Å². The van der Waals surface area contributed by atoms with Crippen LogP contribution in [-0.4, -0.2) is 6.04 Å². The first-order chi connectivity index (χ1) is 9.95. The summed E-state index contributed by atoms with van der Waals surface area (Å²) >= 11 is 3.23. The Hall–Kier alpha value is -1.39. The van der Waals surface area contributed by atoms with Crippen LogP contribution in [0.25, 0.3) is 0 Å². The highest BCUT2D eigenvalue weighted by Gasteiger charge is 2.08. The quantitative estimate of drug-likeness (QED) is 0.800. The molecule has 2 aromatic carbocycles. The number of ether oxygens (including phenoxy) is 1. The van der Waals surface area contributed by atoms with Crippen molar-refractivity contribution in [1.29, 1.82) is 0 Å². The summed E-state index contributed by atoms with van der Waals surface area (Å²) in [5.74, 6) is 0.521. The highest BCUT2D eigenvalue weighted by Crippen LogP contribution is 2.29. The van der Waals surface area contributed by atoms with E-state index in [9.17, 15) is 4.39 Å². The zero-order valence-electron chi connectivity index (χ0n) is 12.4. The van der Waals surface area contributed by atoms with Crippen molar-refractivity contribution in [3.8, 4) is 11.5 Å². The lowest BCUT2D eigenvalue weighted by Crippen LogP contribution is -2.21. The van der Waals surface area contributed by atoms with E-state index in [0.717, 1.165) is 12.1 Å². The summed E-state index contributed by atoms with van der Waals surface area (Å²) in [4.78, 5) is 0. The lowest BCUT2D eigenvalue weighted by Gasteiger charge is -2.12. The number of hydrogen-bond acceptors (Lipinski definition) is 2. The highest BCUT2D eigenvalue weighted by molar-refractivity contribution is 9.10. The maximum atomic E-state index is 13.8. The van der Waals surface area contributed by atoms with Crippen molar-refractivity contribution >= 4 is 15.9 Å². The fourth-order valence-corrected chi connectivity index (χ4v) is 2.27. The van der Waals surface area contributed by atoms with Crippen LogP contribution in [0.2, 0.25) is 0 Å². The predicted molar refractivity (Wildman–Crippen MR) is 87.3 cm³/mol. The summed E-state index contributed by atoms with van der Waals surface area (Å²) in [5, 5.41) is 3.37. The molecule has 0 aliphatic rings. The largest absolute Gasteiger partial charge is 0.454 e. The Kier molecular flexibility index (Phi) is 5.37. The van der Waals surface area contributed by atoms with E-state index in [4.69, 9.17) is 4.74 Å². The molecule has 0 aromatic heterocycles. The minimum Gasteiger partial charge on any atom is -0.454 e. The van der Waals surface area contributed by atoms with E-state index in [-0.39, 0.29) is 11.6 Å². The summed E-state index contributed by atoms with van der Waals surface area (Å²) in [5.41, 5.74) is 2.17. The lowest BCUT2D eigenvalue weighted by molar-refractivity contribution is 0.439. The van der Waals surface area contributed by atoms with E-state index < -0.39 is 0 Å². The zero-order chi connectivity index (χ0) is 15.4. The average Bonchev–Trinajstić information content (AvgIpc) is 2.42. The number of rotatable bonds is 5. The number of nitrogens with one attached hydrogen (secondary N) is 1. The monoisotopic (exact) mass is 351 g/mol. The Morgan fingerprint density at radius 3 is 2.48 bits per heavy atom. The second-order valence-corrected chi connectivity index (χ2v) is 6.23. The van der Waals surface area contributed by atoms with Crippen molar-refractivity contribution in [3.63, 3.8) is 0 Å². The Balaban J connectivity index is 2.13. The molecular weight excluding hydrogens is 333 g/mol. The minimum atomic E-state index is -0.380. The van der Waals surface area contributed by atoms with Crippen LogP contribution >= 0.6 is 15.9 Å². The molecule has 4 heteroatoms. The van der Waals surface area contributed by atoms with Crippen LogP contribution in [0.15, 0.2) is 40.9 Å². The van der Waals surface area contributed by atoms with Gasteiger partial charge in [-0.2, -0.15) is 0 Å². The first-order valence-corrected chi connectivity index (χ1v) is 7.71.